The maximum absolute atomic E-state index is 5.45. The Labute approximate surface area is 256 Å². The second-order valence-electron chi connectivity index (χ2n) is 12.3. The zero-order chi connectivity index (χ0) is 29.4. The highest BCUT2D eigenvalue weighted by Crippen LogP contribution is 2.52. The Morgan fingerprint density at radius 2 is 1.18 bits per heavy atom. The molecule has 0 N–H and O–H groups in total. The highest BCUT2D eigenvalue weighted by Gasteiger charge is 2.41. The maximum atomic E-state index is 5.45. The van der Waals surface area contributed by atoms with Gasteiger partial charge in [-0.05, 0) is 51.7 Å². The third kappa shape index (κ3) is 3.56. The van der Waals surface area contributed by atoms with Crippen LogP contribution in [0.2, 0.25) is 0 Å². The fraction of sp³-hybridized carbons (Fsp3) is 0.0732. The average molecular weight is 564 g/mol. The van der Waals surface area contributed by atoms with Gasteiger partial charge in [-0.15, -0.1) is 0 Å². The minimum Gasteiger partial charge on any atom is -0.293 e. The molecule has 3 nitrogen and oxygen atoms in total. The number of benzene rings is 6. The zero-order valence-corrected chi connectivity index (χ0v) is 24.6. The predicted octanol–water partition coefficient (Wildman–Crippen LogP) is 10.4. The van der Waals surface area contributed by atoms with Crippen molar-refractivity contribution in [1.29, 1.82) is 0 Å². The monoisotopic (exact) mass is 563 g/mol. The molecule has 3 heteroatoms. The number of hydrogen-bond donors (Lipinski definition) is 0. The van der Waals surface area contributed by atoms with E-state index in [0.29, 0.717) is 0 Å². The summed E-state index contributed by atoms with van der Waals surface area (Å²) in [5, 5.41) is 4.91. The first-order chi connectivity index (χ1) is 21.6. The molecule has 1 aliphatic rings. The highest BCUT2D eigenvalue weighted by molar-refractivity contribution is 6.13. The molecule has 0 spiro atoms. The third-order valence-electron chi connectivity index (χ3n) is 9.35. The predicted molar refractivity (Wildman–Crippen MR) is 182 cm³/mol. The SMILES string of the molecule is CC1(C)c2cc(-c3ccccc3)ccc2-c2nc(-c3ccccc3)nc(-n3c4ccccc4c4cc5ccccc5cc43)c21. The second kappa shape index (κ2) is 9.23. The van der Waals surface area contributed by atoms with Crippen LogP contribution in [0.3, 0.4) is 0 Å². The Hall–Kier alpha value is -5.54. The van der Waals surface area contributed by atoms with Crippen molar-refractivity contribution in [3.8, 4) is 39.6 Å². The van der Waals surface area contributed by atoms with Crippen molar-refractivity contribution in [3.63, 3.8) is 0 Å². The number of para-hydroxylation sites is 1. The van der Waals surface area contributed by atoms with Crippen molar-refractivity contribution in [3.05, 3.63) is 151 Å². The van der Waals surface area contributed by atoms with Gasteiger partial charge in [-0.2, -0.15) is 0 Å². The first-order valence-corrected chi connectivity index (χ1v) is 15.2. The summed E-state index contributed by atoms with van der Waals surface area (Å²) >= 11 is 0. The molecular weight excluding hydrogens is 534 g/mol. The average Bonchev–Trinajstić information content (AvgIpc) is 3.51. The Balaban J connectivity index is 1.40. The molecule has 8 aromatic rings. The van der Waals surface area contributed by atoms with Gasteiger partial charge in [0.25, 0.3) is 0 Å². The van der Waals surface area contributed by atoms with Gasteiger partial charge >= 0.3 is 0 Å². The topological polar surface area (TPSA) is 30.7 Å². The quantitative estimate of drug-likeness (QED) is 0.214. The van der Waals surface area contributed by atoms with E-state index in [4.69, 9.17) is 9.97 Å². The molecule has 2 heterocycles. The normalized spacial score (nSPS) is 13.4. The van der Waals surface area contributed by atoms with E-state index in [1.165, 1.54) is 43.8 Å². The van der Waals surface area contributed by atoms with Gasteiger partial charge < -0.3 is 0 Å². The first-order valence-electron chi connectivity index (χ1n) is 15.2. The fourth-order valence-electron chi connectivity index (χ4n) is 7.19. The van der Waals surface area contributed by atoms with Crippen LogP contribution in [-0.4, -0.2) is 14.5 Å². The van der Waals surface area contributed by atoms with Crippen molar-refractivity contribution in [2.24, 2.45) is 0 Å². The number of fused-ring (bicyclic) bond motifs is 7. The molecule has 0 bridgehead atoms. The fourth-order valence-corrected chi connectivity index (χ4v) is 7.19. The van der Waals surface area contributed by atoms with Crippen LogP contribution in [0.5, 0.6) is 0 Å². The molecule has 0 saturated carbocycles. The smallest absolute Gasteiger partial charge is 0.162 e. The molecule has 2 aromatic heterocycles. The van der Waals surface area contributed by atoms with Crippen LogP contribution in [0.1, 0.15) is 25.0 Å². The highest BCUT2D eigenvalue weighted by atomic mass is 15.1. The van der Waals surface area contributed by atoms with Gasteiger partial charge in [0.1, 0.15) is 5.82 Å². The third-order valence-corrected chi connectivity index (χ3v) is 9.35. The minimum atomic E-state index is -0.325. The summed E-state index contributed by atoms with van der Waals surface area (Å²) in [6.45, 7) is 4.65. The Kier molecular flexibility index (Phi) is 5.24. The molecule has 0 atom stereocenters. The molecule has 0 amide bonds. The van der Waals surface area contributed by atoms with E-state index in [1.807, 2.05) is 6.07 Å². The summed E-state index contributed by atoms with van der Waals surface area (Å²) in [6.07, 6.45) is 0. The number of aromatic nitrogens is 3. The van der Waals surface area contributed by atoms with Gasteiger partial charge in [-0.25, -0.2) is 9.97 Å². The molecule has 0 radical (unpaired) electrons. The molecule has 6 aromatic carbocycles. The molecule has 1 aliphatic carbocycles. The molecule has 9 rings (SSSR count). The molecule has 0 aliphatic heterocycles. The number of nitrogens with zero attached hydrogens (tertiary/aromatic N) is 3. The molecular formula is C41H29N3. The van der Waals surface area contributed by atoms with Crippen LogP contribution >= 0.6 is 0 Å². The molecule has 0 fully saturated rings. The Morgan fingerprint density at radius 1 is 0.523 bits per heavy atom. The molecule has 0 unspecified atom stereocenters. The largest absolute Gasteiger partial charge is 0.293 e. The van der Waals surface area contributed by atoms with Gasteiger partial charge in [0, 0.05) is 32.9 Å². The van der Waals surface area contributed by atoms with Crippen LogP contribution in [0, 0.1) is 0 Å². The first kappa shape index (κ1) is 25.0. The standard InChI is InChI=1S/C41H29N3/c1-41(2)34-24-30(26-13-5-3-6-14-26)21-22-32(34)38-37(41)40(43-39(42-38)27-15-7-4-8-16-27)44-35-20-12-11-19-31(35)33-23-28-17-9-10-18-29(28)25-36(33)44/h3-25H,1-2H3. The van der Waals surface area contributed by atoms with Gasteiger partial charge in [0.05, 0.1) is 16.7 Å². The Bertz CT molecular complexity index is 2400. The van der Waals surface area contributed by atoms with Gasteiger partial charge in [-0.3, -0.25) is 4.57 Å². The summed E-state index contributed by atoms with van der Waals surface area (Å²) in [6, 6.07) is 49.8. The van der Waals surface area contributed by atoms with Crippen molar-refractivity contribution in [2.75, 3.05) is 0 Å². The number of hydrogen-bond acceptors (Lipinski definition) is 2. The van der Waals surface area contributed by atoms with E-state index in [9.17, 15) is 0 Å². The van der Waals surface area contributed by atoms with Crippen molar-refractivity contribution >= 4 is 32.6 Å². The minimum absolute atomic E-state index is 0.325. The lowest BCUT2D eigenvalue weighted by Crippen LogP contribution is -2.20. The molecule has 0 saturated heterocycles. The van der Waals surface area contributed by atoms with Gasteiger partial charge in [0.2, 0.25) is 0 Å². The number of rotatable bonds is 3. The van der Waals surface area contributed by atoms with E-state index in [1.54, 1.807) is 0 Å². The Morgan fingerprint density at radius 3 is 1.95 bits per heavy atom. The lowest BCUT2D eigenvalue weighted by Gasteiger charge is -2.25. The molecule has 44 heavy (non-hydrogen) atoms. The lowest BCUT2D eigenvalue weighted by molar-refractivity contribution is 0.651. The van der Waals surface area contributed by atoms with Crippen LogP contribution in [0.25, 0.3) is 72.2 Å². The van der Waals surface area contributed by atoms with Crippen LogP contribution in [0.4, 0.5) is 0 Å². The van der Waals surface area contributed by atoms with E-state index in [-0.39, 0.29) is 5.41 Å². The van der Waals surface area contributed by atoms with Crippen molar-refractivity contribution in [2.45, 2.75) is 19.3 Å². The summed E-state index contributed by atoms with van der Waals surface area (Å²) in [5.74, 6) is 1.68. The van der Waals surface area contributed by atoms with Crippen molar-refractivity contribution in [1.82, 2.24) is 14.5 Å². The van der Waals surface area contributed by atoms with E-state index in [2.05, 4.69) is 152 Å². The summed E-state index contributed by atoms with van der Waals surface area (Å²) in [5.41, 5.74) is 10.0. The zero-order valence-electron chi connectivity index (χ0n) is 24.6. The summed E-state index contributed by atoms with van der Waals surface area (Å²) in [7, 11) is 0. The van der Waals surface area contributed by atoms with Crippen molar-refractivity contribution < 1.29 is 0 Å². The van der Waals surface area contributed by atoms with Crippen LogP contribution in [-0.2, 0) is 5.41 Å². The van der Waals surface area contributed by atoms with E-state index in [0.717, 1.165) is 39.5 Å². The van der Waals surface area contributed by atoms with Gasteiger partial charge in [0.15, 0.2) is 5.82 Å². The van der Waals surface area contributed by atoms with Crippen LogP contribution < -0.4 is 0 Å². The van der Waals surface area contributed by atoms with Crippen LogP contribution in [0.15, 0.2) is 140 Å². The summed E-state index contributed by atoms with van der Waals surface area (Å²) in [4.78, 5) is 10.8. The molecule has 208 valence electrons. The van der Waals surface area contributed by atoms with E-state index >= 15 is 0 Å². The second-order valence-corrected chi connectivity index (χ2v) is 12.3. The summed E-state index contributed by atoms with van der Waals surface area (Å²) < 4.78 is 2.38. The lowest BCUT2D eigenvalue weighted by atomic mass is 9.81. The van der Waals surface area contributed by atoms with E-state index < -0.39 is 0 Å². The van der Waals surface area contributed by atoms with Gasteiger partial charge in [-0.1, -0.05) is 129 Å². The maximum Gasteiger partial charge on any atom is 0.162 e.